The molecule has 5 heteroatoms. The quantitative estimate of drug-likeness (QED) is 0.913. The molecule has 1 fully saturated rings. The van der Waals surface area contributed by atoms with Gasteiger partial charge in [-0.2, -0.15) is 0 Å². The third-order valence-electron chi connectivity index (χ3n) is 3.79. The second kappa shape index (κ2) is 7.20. The number of amides is 1. The number of benzene rings is 1. The molecule has 1 saturated heterocycles. The van der Waals surface area contributed by atoms with Gasteiger partial charge in [0.1, 0.15) is 0 Å². The molecule has 1 aromatic carbocycles. The molecule has 110 valence electrons. The maximum absolute atomic E-state index is 12.6. The van der Waals surface area contributed by atoms with Crippen LogP contribution in [0.15, 0.2) is 22.7 Å². The van der Waals surface area contributed by atoms with Crippen molar-refractivity contribution in [3.8, 4) is 0 Å². The summed E-state index contributed by atoms with van der Waals surface area (Å²) < 4.78 is 0.972. The van der Waals surface area contributed by atoms with Crippen LogP contribution in [0, 0.1) is 6.92 Å². The molecule has 0 aliphatic carbocycles. The van der Waals surface area contributed by atoms with Gasteiger partial charge in [-0.1, -0.05) is 22.0 Å². The Morgan fingerprint density at radius 1 is 1.30 bits per heavy atom. The summed E-state index contributed by atoms with van der Waals surface area (Å²) in [6, 6.07) is 5.75. The molecule has 0 radical (unpaired) electrons. The van der Waals surface area contributed by atoms with Crippen molar-refractivity contribution in [3.63, 3.8) is 0 Å². The molecule has 20 heavy (non-hydrogen) atoms. The highest BCUT2D eigenvalue weighted by molar-refractivity contribution is 9.10. The third kappa shape index (κ3) is 3.59. The molecule has 1 N–H and O–H groups in total. The number of carbonyl (C=O) groups is 1. The Labute approximate surface area is 128 Å². The van der Waals surface area contributed by atoms with Gasteiger partial charge in [0.05, 0.1) is 6.61 Å². The predicted molar refractivity (Wildman–Crippen MR) is 82.9 cm³/mol. The largest absolute Gasteiger partial charge is 0.395 e. The lowest BCUT2D eigenvalue weighted by molar-refractivity contribution is 0.0759. The molecule has 0 bridgehead atoms. The number of halogens is 1. The van der Waals surface area contributed by atoms with Gasteiger partial charge < -0.3 is 10.0 Å². The van der Waals surface area contributed by atoms with Crippen LogP contribution in [0.4, 0.5) is 0 Å². The van der Waals surface area contributed by atoms with Gasteiger partial charge >= 0.3 is 0 Å². The highest BCUT2D eigenvalue weighted by atomic mass is 79.9. The number of nitrogens with zero attached hydrogens (tertiary/aromatic N) is 2. The zero-order valence-corrected chi connectivity index (χ0v) is 13.4. The Hall–Kier alpha value is -0.910. The van der Waals surface area contributed by atoms with Crippen LogP contribution >= 0.6 is 15.9 Å². The lowest BCUT2D eigenvalue weighted by Gasteiger charge is -2.22. The molecule has 0 saturated carbocycles. The van der Waals surface area contributed by atoms with E-state index in [1.54, 1.807) is 0 Å². The van der Waals surface area contributed by atoms with E-state index in [9.17, 15) is 4.79 Å². The van der Waals surface area contributed by atoms with Gasteiger partial charge in [-0.15, -0.1) is 0 Å². The average molecular weight is 341 g/mol. The van der Waals surface area contributed by atoms with Gasteiger partial charge in [0.15, 0.2) is 0 Å². The molecule has 2 rings (SSSR count). The average Bonchev–Trinajstić information content (AvgIpc) is 2.67. The van der Waals surface area contributed by atoms with E-state index in [2.05, 4.69) is 20.8 Å². The molecule has 1 heterocycles. The molecule has 1 aromatic rings. The molecule has 0 spiro atoms. The third-order valence-corrected chi connectivity index (χ3v) is 4.65. The monoisotopic (exact) mass is 340 g/mol. The van der Waals surface area contributed by atoms with E-state index >= 15 is 0 Å². The van der Waals surface area contributed by atoms with Crippen LogP contribution in [-0.2, 0) is 0 Å². The highest BCUT2D eigenvalue weighted by Crippen LogP contribution is 2.21. The standard InChI is InChI=1S/C15H21BrN2O2/c1-12-13(4-2-5-14(12)16)15(20)18-7-3-6-17(8-9-18)10-11-19/h2,4-5,19H,3,6-11H2,1H3. The van der Waals surface area contributed by atoms with E-state index in [4.69, 9.17) is 5.11 Å². The second-order valence-electron chi connectivity index (χ2n) is 5.12. The normalized spacial score (nSPS) is 17.1. The summed E-state index contributed by atoms with van der Waals surface area (Å²) in [5.74, 6) is 0.106. The molecule has 1 aliphatic rings. The van der Waals surface area contributed by atoms with Crippen molar-refractivity contribution < 1.29 is 9.90 Å². The number of aliphatic hydroxyl groups is 1. The molecular weight excluding hydrogens is 320 g/mol. The Morgan fingerprint density at radius 2 is 2.10 bits per heavy atom. The van der Waals surface area contributed by atoms with E-state index in [1.807, 2.05) is 30.0 Å². The number of β-amino-alcohol motifs (C(OH)–C–C–N with tert-alkyl or cyclic N) is 1. The summed E-state index contributed by atoms with van der Waals surface area (Å²) in [7, 11) is 0. The molecule has 0 aromatic heterocycles. The minimum Gasteiger partial charge on any atom is -0.395 e. The van der Waals surface area contributed by atoms with Crippen molar-refractivity contribution in [1.82, 2.24) is 9.80 Å². The Bertz CT molecular complexity index is 479. The van der Waals surface area contributed by atoms with E-state index in [-0.39, 0.29) is 12.5 Å². The maximum Gasteiger partial charge on any atom is 0.254 e. The first-order chi connectivity index (χ1) is 9.63. The highest BCUT2D eigenvalue weighted by Gasteiger charge is 2.21. The van der Waals surface area contributed by atoms with Crippen molar-refractivity contribution in [2.75, 3.05) is 39.3 Å². The first-order valence-electron chi connectivity index (χ1n) is 7.01. The van der Waals surface area contributed by atoms with E-state index < -0.39 is 0 Å². The van der Waals surface area contributed by atoms with Gasteiger partial charge in [-0.05, 0) is 37.6 Å². The first kappa shape index (κ1) is 15.5. The topological polar surface area (TPSA) is 43.8 Å². The van der Waals surface area contributed by atoms with Gasteiger partial charge in [0, 0.05) is 36.2 Å². The van der Waals surface area contributed by atoms with E-state index in [0.29, 0.717) is 6.54 Å². The Balaban J connectivity index is 2.07. The lowest BCUT2D eigenvalue weighted by Crippen LogP contribution is -2.36. The SMILES string of the molecule is Cc1c(Br)cccc1C(=O)N1CCCN(CCO)CC1. The summed E-state index contributed by atoms with van der Waals surface area (Å²) in [4.78, 5) is 16.8. The summed E-state index contributed by atoms with van der Waals surface area (Å²) in [6.45, 7) is 6.13. The zero-order valence-electron chi connectivity index (χ0n) is 11.8. The molecular formula is C15H21BrN2O2. The fourth-order valence-corrected chi connectivity index (χ4v) is 2.91. The fourth-order valence-electron chi connectivity index (χ4n) is 2.55. The smallest absolute Gasteiger partial charge is 0.254 e. The van der Waals surface area contributed by atoms with Crippen molar-refractivity contribution in [3.05, 3.63) is 33.8 Å². The number of hydrogen-bond acceptors (Lipinski definition) is 3. The van der Waals surface area contributed by atoms with Crippen LogP contribution in [0.25, 0.3) is 0 Å². The van der Waals surface area contributed by atoms with Crippen LogP contribution in [0.5, 0.6) is 0 Å². The lowest BCUT2D eigenvalue weighted by atomic mass is 10.1. The van der Waals surface area contributed by atoms with Crippen molar-refractivity contribution in [1.29, 1.82) is 0 Å². The minimum absolute atomic E-state index is 0.106. The Morgan fingerprint density at radius 3 is 2.85 bits per heavy atom. The first-order valence-corrected chi connectivity index (χ1v) is 7.80. The van der Waals surface area contributed by atoms with Gasteiger partial charge in [-0.25, -0.2) is 0 Å². The van der Waals surface area contributed by atoms with Crippen LogP contribution in [0.3, 0.4) is 0 Å². The predicted octanol–water partition coefficient (Wildman–Crippen LogP) is 1.90. The van der Waals surface area contributed by atoms with Crippen LogP contribution < -0.4 is 0 Å². The van der Waals surface area contributed by atoms with E-state index in [0.717, 1.165) is 48.2 Å². The van der Waals surface area contributed by atoms with Crippen LogP contribution in [-0.4, -0.2) is 60.1 Å². The maximum atomic E-state index is 12.6. The van der Waals surface area contributed by atoms with E-state index in [1.165, 1.54) is 0 Å². The molecule has 1 amide bonds. The molecule has 4 nitrogen and oxygen atoms in total. The number of carbonyl (C=O) groups excluding carboxylic acids is 1. The van der Waals surface area contributed by atoms with Gasteiger partial charge in [0.25, 0.3) is 5.91 Å². The second-order valence-corrected chi connectivity index (χ2v) is 5.98. The van der Waals surface area contributed by atoms with Crippen molar-refractivity contribution >= 4 is 21.8 Å². The summed E-state index contributed by atoms with van der Waals surface area (Å²) in [5, 5.41) is 9.00. The molecule has 0 unspecified atom stereocenters. The molecule has 1 aliphatic heterocycles. The van der Waals surface area contributed by atoms with Crippen molar-refractivity contribution in [2.24, 2.45) is 0 Å². The zero-order chi connectivity index (χ0) is 14.5. The van der Waals surface area contributed by atoms with Gasteiger partial charge in [-0.3, -0.25) is 9.69 Å². The summed E-state index contributed by atoms with van der Waals surface area (Å²) >= 11 is 3.48. The summed E-state index contributed by atoms with van der Waals surface area (Å²) in [5.41, 5.74) is 1.77. The number of hydrogen-bond donors (Lipinski definition) is 1. The molecule has 0 atom stereocenters. The number of aliphatic hydroxyl groups excluding tert-OH is 1. The summed E-state index contributed by atoms with van der Waals surface area (Å²) in [6.07, 6.45) is 0.957. The van der Waals surface area contributed by atoms with Gasteiger partial charge in [0.2, 0.25) is 0 Å². The minimum atomic E-state index is 0.106. The van der Waals surface area contributed by atoms with Crippen LogP contribution in [0.2, 0.25) is 0 Å². The number of rotatable bonds is 3. The van der Waals surface area contributed by atoms with Crippen molar-refractivity contribution in [2.45, 2.75) is 13.3 Å². The van der Waals surface area contributed by atoms with Crippen LogP contribution in [0.1, 0.15) is 22.3 Å². The Kier molecular flexibility index (Phi) is 5.57. The fraction of sp³-hybridized carbons (Fsp3) is 0.533.